The number of halogens is 1. The van der Waals surface area contributed by atoms with Crippen molar-refractivity contribution < 1.29 is 19.1 Å². The molecule has 2 N–H and O–H groups in total. The summed E-state index contributed by atoms with van der Waals surface area (Å²) < 4.78 is 6.69. The molecular formula is C15H13ClN4O4. The van der Waals surface area contributed by atoms with Crippen LogP contribution in [0.5, 0.6) is 0 Å². The van der Waals surface area contributed by atoms with Crippen LogP contribution in [-0.4, -0.2) is 38.5 Å². The van der Waals surface area contributed by atoms with Crippen molar-refractivity contribution in [3.8, 4) is 0 Å². The second-order valence-electron chi connectivity index (χ2n) is 5.10. The molecule has 8 nitrogen and oxygen atoms in total. The highest BCUT2D eigenvalue weighted by Crippen LogP contribution is 2.22. The molecule has 3 rings (SSSR count). The second-order valence-corrected chi connectivity index (χ2v) is 5.54. The van der Waals surface area contributed by atoms with E-state index >= 15 is 0 Å². The lowest BCUT2D eigenvalue weighted by Crippen LogP contribution is -2.25. The lowest BCUT2D eigenvalue weighted by atomic mass is 10.2. The number of amides is 1. The summed E-state index contributed by atoms with van der Waals surface area (Å²) in [6.07, 6.45) is 1.96. The highest BCUT2D eigenvalue weighted by molar-refractivity contribution is 6.31. The number of carbonyl (C=O) groups excluding carboxylic acids is 1. The van der Waals surface area contributed by atoms with E-state index in [9.17, 15) is 9.59 Å². The van der Waals surface area contributed by atoms with E-state index in [1.54, 1.807) is 24.3 Å². The molecule has 1 amide bonds. The fourth-order valence-corrected chi connectivity index (χ4v) is 2.34. The number of carboxylic acids is 1. The second kappa shape index (κ2) is 6.71. The Morgan fingerprint density at radius 2 is 2.17 bits per heavy atom. The molecule has 0 saturated heterocycles. The number of nitrogens with zero attached hydrogens (tertiary/aromatic N) is 3. The number of carbonyl (C=O) groups is 2. The monoisotopic (exact) mass is 348 g/mol. The summed E-state index contributed by atoms with van der Waals surface area (Å²) in [5.74, 6) is -1.15. The zero-order chi connectivity index (χ0) is 17.1. The van der Waals surface area contributed by atoms with E-state index in [4.69, 9.17) is 21.1 Å². The van der Waals surface area contributed by atoms with Crippen LogP contribution in [0.3, 0.4) is 0 Å². The first-order valence-corrected chi connectivity index (χ1v) is 7.47. The van der Waals surface area contributed by atoms with Crippen LogP contribution in [-0.2, 0) is 17.8 Å². The van der Waals surface area contributed by atoms with Crippen LogP contribution in [0.25, 0.3) is 11.0 Å². The van der Waals surface area contributed by atoms with Gasteiger partial charge in [0.25, 0.3) is 5.91 Å². The fourth-order valence-electron chi connectivity index (χ4n) is 2.18. The van der Waals surface area contributed by atoms with E-state index < -0.39 is 5.97 Å². The minimum atomic E-state index is -0.996. The summed E-state index contributed by atoms with van der Waals surface area (Å²) in [5, 5.41) is 20.2. The zero-order valence-corrected chi connectivity index (χ0v) is 13.2. The van der Waals surface area contributed by atoms with Gasteiger partial charge in [0.05, 0.1) is 5.69 Å². The molecule has 1 aromatic carbocycles. The summed E-state index contributed by atoms with van der Waals surface area (Å²) in [6, 6.07) is 6.79. The van der Waals surface area contributed by atoms with Crippen LogP contribution in [0, 0.1) is 0 Å². The molecule has 9 heteroatoms. The summed E-state index contributed by atoms with van der Waals surface area (Å²) >= 11 is 5.88. The Labute approximate surface area is 141 Å². The maximum Gasteiger partial charge on any atom is 0.325 e. The van der Waals surface area contributed by atoms with Crippen molar-refractivity contribution in [2.75, 3.05) is 6.54 Å². The van der Waals surface area contributed by atoms with Crippen LogP contribution in [0.1, 0.15) is 16.2 Å². The van der Waals surface area contributed by atoms with Gasteiger partial charge in [0.1, 0.15) is 12.1 Å². The maximum atomic E-state index is 12.1. The quantitative estimate of drug-likeness (QED) is 0.702. The van der Waals surface area contributed by atoms with Gasteiger partial charge < -0.3 is 14.8 Å². The van der Waals surface area contributed by atoms with Crippen molar-refractivity contribution in [3.63, 3.8) is 0 Å². The SMILES string of the molecule is O=C(O)Cn1cc(CCNC(=O)c2cc3ccc(Cl)cc3o2)nn1. The van der Waals surface area contributed by atoms with Gasteiger partial charge in [0.2, 0.25) is 0 Å². The molecule has 0 spiro atoms. The van der Waals surface area contributed by atoms with Gasteiger partial charge >= 0.3 is 5.97 Å². The first kappa shape index (κ1) is 16.0. The minimum Gasteiger partial charge on any atom is -0.480 e. The average molecular weight is 349 g/mol. The lowest BCUT2D eigenvalue weighted by Gasteiger charge is -2.00. The van der Waals surface area contributed by atoms with Crippen molar-refractivity contribution in [3.05, 3.63) is 46.9 Å². The lowest BCUT2D eigenvalue weighted by molar-refractivity contribution is -0.137. The number of aliphatic carboxylic acids is 1. The highest BCUT2D eigenvalue weighted by atomic mass is 35.5. The molecular weight excluding hydrogens is 336 g/mol. The van der Waals surface area contributed by atoms with Gasteiger partial charge in [-0.05, 0) is 18.2 Å². The Bertz CT molecular complexity index is 902. The Hall–Kier alpha value is -2.87. The number of benzene rings is 1. The zero-order valence-electron chi connectivity index (χ0n) is 12.4. The van der Waals surface area contributed by atoms with Gasteiger partial charge in [-0.2, -0.15) is 0 Å². The molecule has 0 atom stereocenters. The molecule has 0 aliphatic carbocycles. The standard InChI is InChI=1S/C15H13ClN4O4/c16-10-2-1-9-5-13(24-12(9)6-10)15(23)17-4-3-11-7-20(19-18-11)8-14(21)22/h1-2,5-7H,3-4,8H2,(H,17,23)(H,21,22). The van der Waals surface area contributed by atoms with E-state index in [0.29, 0.717) is 29.3 Å². The summed E-state index contributed by atoms with van der Waals surface area (Å²) in [7, 11) is 0. The first-order valence-electron chi connectivity index (χ1n) is 7.09. The molecule has 0 saturated carbocycles. The summed E-state index contributed by atoms with van der Waals surface area (Å²) in [4.78, 5) is 22.7. The Kier molecular flexibility index (Phi) is 4.48. The summed E-state index contributed by atoms with van der Waals surface area (Å²) in [5.41, 5.74) is 1.14. The molecule has 0 fully saturated rings. The van der Waals surface area contributed by atoms with Crippen LogP contribution in [0.2, 0.25) is 5.02 Å². The Balaban J connectivity index is 1.56. The largest absolute Gasteiger partial charge is 0.480 e. The Morgan fingerprint density at radius 3 is 2.96 bits per heavy atom. The number of hydrogen-bond donors (Lipinski definition) is 2. The third-order valence-electron chi connectivity index (χ3n) is 3.26. The maximum absolute atomic E-state index is 12.1. The summed E-state index contributed by atoms with van der Waals surface area (Å²) in [6.45, 7) is 0.0727. The van der Waals surface area contributed by atoms with Crippen molar-refractivity contribution in [1.82, 2.24) is 20.3 Å². The molecule has 2 aromatic heterocycles. The first-order chi connectivity index (χ1) is 11.5. The molecule has 0 aliphatic heterocycles. The van der Waals surface area contributed by atoms with Gasteiger partial charge in [-0.3, -0.25) is 9.59 Å². The van der Waals surface area contributed by atoms with Crippen molar-refractivity contribution in [1.29, 1.82) is 0 Å². The van der Waals surface area contributed by atoms with Crippen LogP contribution < -0.4 is 5.32 Å². The van der Waals surface area contributed by atoms with E-state index in [1.165, 1.54) is 10.9 Å². The number of nitrogens with one attached hydrogen (secondary N) is 1. The van der Waals surface area contributed by atoms with E-state index in [1.807, 2.05) is 0 Å². The van der Waals surface area contributed by atoms with E-state index in [-0.39, 0.29) is 18.2 Å². The molecule has 2 heterocycles. The number of furan rings is 1. The molecule has 0 radical (unpaired) electrons. The minimum absolute atomic E-state index is 0.196. The average Bonchev–Trinajstić information content (AvgIpc) is 3.12. The predicted molar refractivity (Wildman–Crippen MR) is 84.9 cm³/mol. The molecule has 0 unspecified atom stereocenters. The van der Waals surface area contributed by atoms with Crippen LogP contribution in [0.15, 0.2) is 34.9 Å². The van der Waals surface area contributed by atoms with Gasteiger partial charge in [0, 0.05) is 35.6 Å². The van der Waals surface area contributed by atoms with E-state index in [0.717, 1.165) is 5.39 Å². The number of aromatic nitrogens is 3. The number of fused-ring (bicyclic) bond motifs is 1. The third-order valence-corrected chi connectivity index (χ3v) is 3.49. The van der Waals surface area contributed by atoms with Crippen molar-refractivity contribution in [2.24, 2.45) is 0 Å². The van der Waals surface area contributed by atoms with Gasteiger partial charge in [-0.25, -0.2) is 4.68 Å². The third kappa shape index (κ3) is 3.72. The molecule has 24 heavy (non-hydrogen) atoms. The predicted octanol–water partition coefficient (Wildman–Crippen LogP) is 1.73. The topological polar surface area (TPSA) is 110 Å². The molecule has 124 valence electrons. The van der Waals surface area contributed by atoms with Crippen LogP contribution >= 0.6 is 11.6 Å². The molecule has 0 bridgehead atoms. The molecule has 3 aromatic rings. The fraction of sp³-hybridized carbons (Fsp3) is 0.200. The highest BCUT2D eigenvalue weighted by Gasteiger charge is 2.12. The van der Waals surface area contributed by atoms with Crippen molar-refractivity contribution in [2.45, 2.75) is 13.0 Å². The number of rotatable bonds is 6. The number of carboxylic acid groups (broad SMARTS) is 1. The van der Waals surface area contributed by atoms with Gasteiger partial charge in [-0.15, -0.1) is 5.10 Å². The smallest absolute Gasteiger partial charge is 0.325 e. The van der Waals surface area contributed by atoms with Gasteiger partial charge in [-0.1, -0.05) is 16.8 Å². The van der Waals surface area contributed by atoms with Crippen molar-refractivity contribution >= 4 is 34.4 Å². The Morgan fingerprint density at radius 1 is 1.33 bits per heavy atom. The van der Waals surface area contributed by atoms with E-state index in [2.05, 4.69) is 15.6 Å². The normalized spacial score (nSPS) is 10.9. The number of hydrogen-bond acceptors (Lipinski definition) is 5. The molecule has 0 aliphatic rings. The van der Waals surface area contributed by atoms with Gasteiger partial charge in [0.15, 0.2) is 5.76 Å². The van der Waals surface area contributed by atoms with Crippen LogP contribution in [0.4, 0.5) is 0 Å².